The molecule has 118 valence electrons. The summed E-state index contributed by atoms with van der Waals surface area (Å²) in [7, 11) is 0. The Morgan fingerprint density at radius 3 is 2.43 bits per heavy atom. The van der Waals surface area contributed by atoms with E-state index in [0.29, 0.717) is 6.61 Å². The monoisotopic (exact) mass is 307 g/mol. The summed E-state index contributed by atoms with van der Waals surface area (Å²) in [6.45, 7) is 2.54. The third-order valence-corrected chi connectivity index (χ3v) is 3.30. The van der Waals surface area contributed by atoms with E-state index in [0.717, 1.165) is 29.5 Å². The first-order valence-electron chi connectivity index (χ1n) is 7.81. The van der Waals surface area contributed by atoms with Crippen molar-refractivity contribution in [2.75, 3.05) is 6.61 Å². The van der Waals surface area contributed by atoms with Gasteiger partial charge in [-0.3, -0.25) is 4.98 Å². The van der Waals surface area contributed by atoms with Crippen LogP contribution in [-0.4, -0.2) is 17.6 Å². The summed E-state index contributed by atoms with van der Waals surface area (Å²) in [4.78, 5) is 15.6. The number of rotatable bonds is 7. The van der Waals surface area contributed by atoms with Crippen molar-refractivity contribution in [2.45, 2.75) is 19.8 Å². The first-order chi connectivity index (χ1) is 11.3. The molecule has 1 aromatic carbocycles. The van der Waals surface area contributed by atoms with Gasteiger partial charge >= 0.3 is 5.97 Å². The highest BCUT2D eigenvalue weighted by Gasteiger charge is 1.98. The Hall–Kier alpha value is -2.68. The molecule has 0 amide bonds. The van der Waals surface area contributed by atoms with E-state index < -0.39 is 0 Å². The summed E-state index contributed by atoms with van der Waals surface area (Å²) < 4.78 is 5.12. The number of benzene rings is 1. The number of carbonyl (C=O) groups is 1. The lowest BCUT2D eigenvalue weighted by Gasteiger charge is -2.02. The van der Waals surface area contributed by atoms with Crippen LogP contribution in [0.1, 0.15) is 36.5 Å². The molecule has 0 radical (unpaired) electrons. The van der Waals surface area contributed by atoms with Crippen LogP contribution < -0.4 is 0 Å². The maximum absolute atomic E-state index is 11.6. The van der Waals surface area contributed by atoms with E-state index in [9.17, 15) is 4.79 Å². The fraction of sp³-hybridized carbons (Fsp3) is 0.200. The smallest absolute Gasteiger partial charge is 0.330 e. The van der Waals surface area contributed by atoms with Gasteiger partial charge in [0.2, 0.25) is 0 Å². The number of hydrogen-bond acceptors (Lipinski definition) is 3. The molecule has 2 rings (SSSR count). The van der Waals surface area contributed by atoms with Crippen LogP contribution in [-0.2, 0) is 9.53 Å². The molecule has 0 unspecified atom stereocenters. The van der Waals surface area contributed by atoms with Gasteiger partial charge in [-0.25, -0.2) is 4.79 Å². The van der Waals surface area contributed by atoms with E-state index in [-0.39, 0.29) is 5.97 Å². The van der Waals surface area contributed by atoms with Gasteiger partial charge in [-0.1, -0.05) is 49.8 Å². The summed E-state index contributed by atoms with van der Waals surface area (Å²) in [6.07, 6.45) is 12.8. The van der Waals surface area contributed by atoms with Crippen molar-refractivity contribution in [1.82, 2.24) is 4.98 Å². The van der Waals surface area contributed by atoms with E-state index in [4.69, 9.17) is 4.74 Å². The van der Waals surface area contributed by atoms with Gasteiger partial charge in [0.1, 0.15) is 0 Å². The highest BCUT2D eigenvalue weighted by atomic mass is 16.5. The fourth-order valence-electron chi connectivity index (χ4n) is 2.00. The highest BCUT2D eigenvalue weighted by Crippen LogP contribution is 2.14. The Morgan fingerprint density at radius 2 is 1.74 bits per heavy atom. The summed E-state index contributed by atoms with van der Waals surface area (Å²) >= 11 is 0. The Kier molecular flexibility index (Phi) is 6.79. The lowest BCUT2D eigenvalue weighted by Crippen LogP contribution is -2.01. The van der Waals surface area contributed by atoms with E-state index in [1.165, 1.54) is 6.08 Å². The zero-order chi connectivity index (χ0) is 16.3. The van der Waals surface area contributed by atoms with E-state index in [1.54, 1.807) is 18.5 Å². The zero-order valence-electron chi connectivity index (χ0n) is 13.3. The Bertz CT molecular complexity index is 675. The standard InChI is InChI=1S/C20H21NO2/c1-2-3-16-23-20(22)11-10-19-7-5-4-6-18(19)9-8-17-12-14-21-15-13-17/h4-15H,2-3,16H2,1H3/b9-8+,11-10+. The van der Waals surface area contributed by atoms with Crippen LogP contribution in [0.4, 0.5) is 0 Å². The molecule has 0 saturated carbocycles. The van der Waals surface area contributed by atoms with E-state index in [1.807, 2.05) is 48.6 Å². The Morgan fingerprint density at radius 1 is 1.04 bits per heavy atom. The lowest BCUT2D eigenvalue weighted by molar-refractivity contribution is -0.137. The molecule has 0 fully saturated rings. The Labute approximate surface area is 137 Å². The van der Waals surface area contributed by atoms with Gasteiger partial charge in [0.25, 0.3) is 0 Å². The number of ether oxygens (including phenoxy) is 1. The quantitative estimate of drug-likeness (QED) is 0.426. The first kappa shape index (κ1) is 16.7. The van der Waals surface area contributed by atoms with Crippen LogP contribution in [0, 0.1) is 0 Å². The largest absolute Gasteiger partial charge is 0.463 e. The average molecular weight is 307 g/mol. The molecule has 0 atom stereocenters. The van der Waals surface area contributed by atoms with Crippen molar-refractivity contribution >= 4 is 24.2 Å². The van der Waals surface area contributed by atoms with Crippen molar-refractivity contribution in [3.63, 3.8) is 0 Å². The van der Waals surface area contributed by atoms with Crippen LogP contribution in [0.3, 0.4) is 0 Å². The van der Waals surface area contributed by atoms with Crippen LogP contribution in [0.25, 0.3) is 18.2 Å². The van der Waals surface area contributed by atoms with Crippen LogP contribution in [0.15, 0.2) is 54.9 Å². The molecule has 0 N–H and O–H groups in total. The number of aromatic nitrogens is 1. The number of pyridine rings is 1. The van der Waals surface area contributed by atoms with Crippen LogP contribution >= 0.6 is 0 Å². The minimum Gasteiger partial charge on any atom is -0.463 e. The molecule has 1 aromatic heterocycles. The number of unbranched alkanes of at least 4 members (excludes halogenated alkanes) is 1. The number of carbonyl (C=O) groups excluding carboxylic acids is 1. The molecule has 0 aliphatic heterocycles. The molecule has 0 spiro atoms. The maximum atomic E-state index is 11.6. The van der Waals surface area contributed by atoms with E-state index in [2.05, 4.69) is 11.9 Å². The molecule has 0 saturated heterocycles. The second-order valence-corrected chi connectivity index (χ2v) is 5.10. The molecule has 3 heteroatoms. The first-order valence-corrected chi connectivity index (χ1v) is 7.81. The second-order valence-electron chi connectivity index (χ2n) is 5.10. The normalized spacial score (nSPS) is 11.2. The van der Waals surface area contributed by atoms with Crippen LogP contribution in [0.5, 0.6) is 0 Å². The predicted molar refractivity (Wildman–Crippen MR) is 94.5 cm³/mol. The van der Waals surface area contributed by atoms with Crippen molar-refractivity contribution in [3.05, 3.63) is 71.6 Å². The minimum absolute atomic E-state index is 0.300. The van der Waals surface area contributed by atoms with Crippen molar-refractivity contribution < 1.29 is 9.53 Å². The fourth-order valence-corrected chi connectivity index (χ4v) is 2.00. The SMILES string of the molecule is CCCCOC(=O)/C=C/c1ccccc1/C=C/c1ccncc1. The zero-order valence-corrected chi connectivity index (χ0v) is 13.3. The molecule has 23 heavy (non-hydrogen) atoms. The molecule has 0 bridgehead atoms. The summed E-state index contributed by atoms with van der Waals surface area (Å²) in [5, 5.41) is 0. The topological polar surface area (TPSA) is 39.2 Å². The molecule has 2 aromatic rings. The highest BCUT2D eigenvalue weighted by molar-refractivity contribution is 5.88. The predicted octanol–water partition coefficient (Wildman–Crippen LogP) is 4.61. The van der Waals surface area contributed by atoms with Crippen LogP contribution in [0.2, 0.25) is 0 Å². The number of hydrogen-bond donors (Lipinski definition) is 0. The molecule has 3 nitrogen and oxygen atoms in total. The number of nitrogens with zero attached hydrogens (tertiary/aromatic N) is 1. The van der Waals surface area contributed by atoms with Crippen molar-refractivity contribution in [3.8, 4) is 0 Å². The van der Waals surface area contributed by atoms with Gasteiger partial charge in [-0.2, -0.15) is 0 Å². The summed E-state index contributed by atoms with van der Waals surface area (Å²) in [6, 6.07) is 11.8. The third kappa shape index (κ3) is 5.91. The van der Waals surface area contributed by atoms with Gasteiger partial charge in [-0.05, 0) is 41.3 Å². The summed E-state index contributed by atoms with van der Waals surface area (Å²) in [5.74, 6) is -0.300. The molecular formula is C20H21NO2. The number of esters is 1. The van der Waals surface area contributed by atoms with Gasteiger partial charge in [0.05, 0.1) is 6.61 Å². The molecular weight excluding hydrogens is 286 g/mol. The molecule has 0 aliphatic carbocycles. The third-order valence-electron chi connectivity index (χ3n) is 3.30. The molecule has 1 heterocycles. The minimum atomic E-state index is -0.300. The van der Waals surface area contributed by atoms with Gasteiger partial charge in [-0.15, -0.1) is 0 Å². The van der Waals surface area contributed by atoms with Gasteiger partial charge in [0, 0.05) is 18.5 Å². The van der Waals surface area contributed by atoms with Gasteiger partial charge < -0.3 is 4.74 Å². The lowest BCUT2D eigenvalue weighted by atomic mass is 10.1. The maximum Gasteiger partial charge on any atom is 0.330 e. The summed E-state index contributed by atoms with van der Waals surface area (Å²) in [5.41, 5.74) is 3.10. The molecule has 0 aliphatic rings. The average Bonchev–Trinajstić information content (AvgIpc) is 2.60. The van der Waals surface area contributed by atoms with Crippen molar-refractivity contribution in [1.29, 1.82) is 0 Å². The van der Waals surface area contributed by atoms with Crippen molar-refractivity contribution in [2.24, 2.45) is 0 Å². The van der Waals surface area contributed by atoms with E-state index >= 15 is 0 Å². The second kappa shape index (κ2) is 9.36. The van der Waals surface area contributed by atoms with Gasteiger partial charge in [0.15, 0.2) is 0 Å². The Balaban J connectivity index is 2.05.